The zero-order valence-electron chi connectivity index (χ0n) is 13.9. The Bertz CT molecular complexity index is 738. The summed E-state index contributed by atoms with van der Waals surface area (Å²) in [5, 5.41) is 5.76. The molecule has 1 atom stereocenters. The maximum absolute atomic E-state index is 12.4. The second-order valence-corrected chi connectivity index (χ2v) is 6.04. The van der Waals surface area contributed by atoms with Crippen molar-refractivity contribution in [1.29, 1.82) is 0 Å². The summed E-state index contributed by atoms with van der Waals surface area (Å²) in [6.45, 7) is 5.30. The van der Waals surface area contributed by atoms with Crippen molar-refractivity contribution in [3.63, 3.8) is 0 Å². The summed E-state index contributed by atoms with van der Waals surface area (Å²) in [5.74, 6) is -0.125. The largest absolute Gasteiger partial charge is 0.346 e. The van der Waals surface area contributed by atoms with Crippen molar-refractivity contribution in [3.05, 3.63) is 65.2 Å². The Morgan fingerprint density at radius 2 is 1.79 bits per heavy atom. The lowest BCUT2D eigenvalue weighted by Gasteiger charge is -2.16. The van der Waals surface area contributed by atoms with Crippen molar-refractivity contribution < 1.29 is 9.59 Å². The van der Waals surface area contributed by atoms with Crippen LogP contribution in [0, 0.1) is 6.92 Å². The summed E-state index contributed by atoms with van der Waals surface area (Å²) < 4.78 is 0. The van der Waals surface area contributed by atoms with Crippen LogP contribution in [0.3, 0.4) is 0 Å². The van der Waals surface area contributed by atoms with E-state index in [1.54, 1.807) is 29.2 Å². The van der Waals surface area contributed by atoms with Gasteiger partial charge in [0.05, 0.1) is 6.04 Å². The summed E-state index contributed by atoms with van der Waals surface area (Å²) in [4.78, 5) is 25.7. The topological polar surface area (TPSA) is 61.4 Å². The number of anilines is 1. The molecule has 0 bridgehead atoms. The van der Waals surface area contributed by atoms with Gasteiger partial charge in [0.15, 0.2) is 0 Å². The van der Waals surface area contributed by atoms with Gasteiger partial charge in [0.25, 0.3) is 5.91 Å². The van der Waals surface area contributed by atoms with Crippen LogP contribution in [0.15, 0.2) is 48.5 Å². The molecular formula is C19H21N3O2. The number of benzene rings is 2. The van der Waals surface area contributed by atoms with E-state index in [9.17, 15) is 9.59 Å². The van der Waals surface area contributed by atoms with Gasteiger partial charge in [-0.2, -0.15) is 0 Å². The number of hydrogen-bond acceptors (Lipinski definition) is 2. The Labute approximate surface area is 141 Å². The molecule has 0 aliphatic carbocycles. The van der Waals surface area contributed by atoms with Crippen LogP contribution in [0.5, 0.6) is 0 Å². The number of amides is 3. The van der Waals surface area contributed by atoms with E-state index in [4.69, 9.17) is 0 Å². The second-order valence-electron chi connectivity index (χ2n) is 6.04. The monoisotopic (exact) mass is 323 g/mol. The molecule has 24 heavy (non-hydrogen) atoms. The lowest BCUT2D eigenvalue weighted by Crippen LogP contribution is -2.28. The maximum atomic E-state index is 12.4. The van der Waals surface area contributed by atoms with E-state index in [-0.39, 0.29) is 18.0 Å². The van der Waals surface area contributed by atoms with Crippen molar-refractivity contribution in [3.8, 4) is 0 Å². The molecule has 124 valence electrons. The maximum Gasteiger partial charge on any atom is 0.321 e. The predicted molar refractivity (Wildman–Crippen MR) is 94.2 cm³/mol. The standard InChI is InChI=1S/C19H21N3O2/c1-13-3-5-15(6-4-13)14(2)21-18(23)16-7-9-17(10-8-16)22-12-11-20-19(22)24/h3-10,14H,11-12H2,1-2H3,(H,20,24)(H,21,23). The van der Waals surface area contributed by atoms with E-state index >= 15 is 0 Å². The quantitative estimate of drug-likeness (QED) is 0.908. The number of hydrogen-bond donors (Lipinski definition) is 2. The van der Waals surface area contributed by atoms with E-state index in [1.807, 2.05) is 38.1 Å². The molecule has 1 aliphatic heterocycles. The van der Waals surface area contributed by atoms with Crippen LogP contribution in [0.1, 0.15) is 34.5 Å². The Morgan fingerprint density at radius 3 is 2.38 bits per heavy atom. The zero-order chi connectivity index (χ0) is 17.1. The number of nitrogens with one attached hydrogen (secondary N) is 2. The van der Waals surface area contributed by atoms with Crippen LogP contribution in [0.2, 0.25) is 0 Å². The molecule has 5 heteroatoms. The Morgan fingerprint density at radius 1 is 1.12 bits per heavy atom. The van der Waals surface area contributed by atoms with Crippen molar-refractivity contribution in [2.75, 3.05) is 18.0 Å². The second kappa shape index (κ2) is 6.74. The van der Waals surface area contributed by atoms with Gasteiger partial charge in [-0.3, -0.25) is 9.69 Å². The molecule has 2 aromatic rings. The molecule has 2 aromatic carbocycles. The normalized spacial score (nSPS) is 15.1. The van der Waals surface area contributed by atoms with Gasteiger partial charge in [-0.25, -0.2) is 4.79 Å². The summed E-state index contributed by atoms with van der Waals surface area (Å²) >= 11 is 0. The van der Waals surface area contributed by atoms with Gasteiger partial charge < -0.3 is 10.6 Å². The molecule has 0 saturated carbocycles. The number of aryl methyl sites for hydroxylation is 1. The van der Waals surface area contributed by atoms with Crippen molar-refractivity contribution >= 4 is 17.6 Å². The zero-order valence-corrected chi connectivity index (χ0v) is 13.9. The van der Waals surface area contributed by atoms with Crippen molar-refractivity contribution in [1.82, 2.24) is 10.6 Å². The lowest BCUT2D eigenvalue weighted by molar-refractivity contribution is 0.0940. The number of carbonyl (C=O) groups excluding carboxylic acids is 2. The fraction of sp³-hybridized carbons (Fsp3) is 0.263. The minimum Gasteiger partial charge on any atom is -0.346 e. The smallest absolute Gasteiger partial charge is 0.321 e. The fourth-order valence-corrected chi connectivity index (χ4v) is 2.73. The molecule has 5 nitrogen and oxygen atoms in total. The molecule has 1 fully saturated rings. The molecule has 2 N–H and O–H groups in total. The first-order valence-corrected chi connectivity index (χ1v) is 8.07. The molecule has 1 heterocycles. The van der Waals surface area contributed by atoms with E-state index in [1.165, 1.54) is 5.56 Å². The molecule has 1 saturated heterocycles. The highest BCUT2D eigenvalue weighted by molar-refractivity contribution is 5.97. The Kier molecular flexibility index (Phi) is 4.51. The van der Waals surface area contributed by atoms with E-state index in [2.05, 4.69) is 10.6 Å². The van der Waals surface area contributed by atoms with Crippen LogP contribution in [0.4, 0.5) is 10.5 Å². The van der Waals surface area contributed by atoms with Crippen molar-refractivity contribution in [2.45, 2.75) is 19.9 Å². The molecule has 1 aliphatic rings. The van der Waals surface area contributed by atoms with Gasteiger partial charge in [0, 0.05) is 24.3 Å². The third-order valence-electron chi connectivity index (χ3n) is 4.22. The van der Waals surface area contributed by atoms with Gasteiger partial charge in [0.1, 0.15) is 0 Å². The highest BCUT2D eigenvalue weighted by Crippen LogP contribution is 2.18. The first kappa shape index (κ1) is 16.1. The molecule has 1 unspecified atom stereocenters. The molecule has 3 amide bonds. The molecular weight excluding hydrogens is 302 g/mol. The third-order valence-corrected chi connectivity index (χ3v) is 4.22. The minimum atomic E-state index is -0.125. The van der Waals surface area contributed by atoms with E-state index < -0.39 is 0 Å². The number of nitrogens with zero attached hydrogens (tertiary/aromatic N) is 1. The van der Waals surface area contributed by atoms with Crippen molar-refractivity contribution in [2.24, 2.45) is 0 Å². The highest BCUT2D eigenvalue weighted by atomic mass is 16.2. The van der Waals surface area contributed by atoms with Gasteiger partial charge in [0.2, 0.25) is 0 Å². The summed E-state index contributed by atoms with van der Waals surface area (Å²) in [6, 6.07) is 15.1. The van der Waals surface area contributed by atoms with Crippen LogP contribution in [-0.2, 0) is 0 Å². The first-order valence-electron chi connectivity index (χ1n) is 8.07. The summed E-state index contributed by atoms with van der Waals surface area (Å²) in [7, 11) is 0. The molecule has 0 radical (unpaired) electrons. The summed E-state index contributed by atoms with van der Waals surface area (Å²) in [6.07, 6.45) is 0. The van der Waals surface area contributed by atoms with Gasteiger partial charge in [-0.15, -0.1) is 0 Å². The molecule has 0 spiro atoms. The Balaban J connectivity index is 1.66. The number of rotatable bonds is 4. The van der Waals surface area contributed by atoms with Gasteiger partial charge in [-0.05, 0) is 43.7 Å². The first-order chi connectivity index (χ1) is 11.5. The highest BCUT2D eigenvalue weighted by Gasteiger charge is 2.21. The van der Waals surface area contributed by atoms with E-state index in [0.29, 0.717) is 18.7 Å². The van der Waals surface area contributed by atoms with Gasteiger partial charge >= 0.3 is 6.03 Å². The van der Waals surface area contributed by atoms with Crippen LogP contribution >= 0.6 is 0 Å². The van der Waals surface area contributed by atoms with Crippen LogP contribution < -0.4 is 15.5 Å². The number of urea groups is 1. The number of carbonyl (C=O) groups is 2. The average Bonchev–Trinajstić information content (AvgIpc) is 3.01. The fourth-order valence-electron chi connectivity index (χ4n) is 2.73. The Hall–Kier alpha value is -2.82. The molecule has 0 aromatic heterocycles. The lowest BCUT2D eigenvalue weighted by atomic mass is 10.1. The minimum absolute atomic E-state index is 0.0675. The van der Waals surface area contributed by atoms with Crippen LogP contribution in [-0.4, -0.2) is 25.0 Å². The molecule has 3 rings (SSSR count). The summed E-state index contributed by atoms with van der Waals surface area (Å²) in [5.41, 5.74) is 3.64. The van der Waals surface area contributed by atoms with Gasteiger partial charge in [-0.1, -0.05) is 29.8 Å². The third kappa shape index (κ3) is 3.40. The predicted octanol–water partition coefficient (Wildman–Crippen LogP) is 3.02. The average molecular weight is 323 g/mol. The van der Waals surface area contributed by atoms with Crippen LogP contribution in [0.25, 0.3) is 0 Å². The van der Waals surface area contributed by atoms with E-state index in [0.717, 1.165) is 11.3 Å². The SMILES string of the molecule is Cc1ccc(C(C)NC(=O)c2ccc(N3CCNC3=O)cc2)cc1.